The first kappa shape index (κ1) is 101. The maximum atomic E-state index is 13.1. The number of hydrogen-bond donors (Lipinski definition) is 3. The number of allylic oxidation sites excluding steroid dienone is 26. The molecular formula is C87H144O17P2. The number of aliphatic hydroxyl groups is 1. The van der Waals surface area contributed by atoms with Gasteiger partial charge in [-0.2, -0.15) is 0 Å². The second-order valence-corrected chi connectivity index (χ2v) is 29.5. The van der Waals surface area contributed by atoms with E-state index in [1.807, 2.05) is 12.2 Å². The van der Waals surface area contributed by atoms with Crippen molar-refractivity contribution in [3.63, 3.8) is 0 Å². The molecule has 0 amide bonds. The molecule has 0 aliphatic carbocycles. The van der Waals surface area contributed by atoms with Crippen molar-refractivity contribution in [1.29, 1.82) is 0 Å². The van der Waals surface area contributed by atoms with Gasteiger partial charge in [0.1, 0.15) is 19.3 Å². The second kappa shape index (κ2) is 77.8. The average Bonchev–Trinajstić information content (AvgIpc) is 0.937. The molecule has 3 N–H and O–H groups in total. The number of rotatable bonds is 75. The molecule has 0 fully saturated rings. The van der Waals surface area contributed by atoms with Crippen LogP contribution in [0.2, 0.25) is 0 Å². The van der Waals surface area contributed by atoms with Gasteiger partial charge in [-0.05, 0) is 167 Å². The van der Waals surface area contributed by atoms with E-state index in [0.29, 0.717) is 32.1 Å². The van der Waals surface area contributed by atoms with Crippen molar-refractivity contribution >= 4 is 39.5 Å². The van der Waals surface area contributed by atoms with Gasteiger partial charge in [0.05, 0.1) is 26.4 Å². The molecule has 0 aromatic rings. The first-order valence-electron chi connectivity index (χ1n) is 40.7. The summed E-state index contributed by atoms with van der Waals surface area (Å²) in [6.07, 6.45) is 90.8. The number of unbranched alkanes of at least 4 members (excludes halogenated alkanes) is 23. The van der Waals surface area contributed by atoms with Crippen LogP contribution in [-0.4, -0.2) is 96.7 Å². The van der Waals surface area contributed by atoms with Crippen molar-refractivity contribution in [1.82, 2.24) is 0 Å². The summed E-state index contributed by atoms with van der Waals surface area (Å²) in [5.41, 5.74) is 0. The number of ether oxygens (including phenoxy) is 4. The third kappa shape index (κ3) is 76.9. The predicted octanol–water partition coefficient (Wildman–Crippen LogP) is 24.0. The number of phosphoric ester groups is 2. The number of carbonyl (C=O) groups excluding carboxylic acids is 4. The summed E-state index contributed by atoms with van der Waals surface area (Å²) in [5.74, 6) is -2.30. The van der Waals surface area contributed by atoms with Crippen LogP contribution in [0, 0.1) is 0 Å². The van der Waals surface area contributed by atoms with Crippen LogP contribution in [0.4, 0.5) is 0 Å². The topological polar surface area (TPSA) is 237 Å². The molecule has 5 unspecified atom stereocenters. The highest BCUT2D eigenvalue weighted by molar-refractivity contribution is 7.47. The van der Waals surface area contributed by atoms with Crippen molar-refractivity contribution in [2.24, 2.45) is 0 Å². The lowest BCUT2D eigenvalue weighted by Crippen LogP contribution is -2.30. The molecule has 0 heterocycles. The van der Waals surface area contributed by atoms with E-state index in [9.17, 15) is 43.2 Å². The van der Waals surface area contributed by atoms with Gasteiger partial charge in [-0.25, -0.2) is 9.13 Å². The summed E-state index contributed by atoms with van der Waals surface area (Å²) in [4.78, 5) is 73.1. The van der Waals surface area contributed by atoms with Crippen molar-refractivity contribution in [2.75, 3.05) is 39.6 Å². The normalized spacial score (nSPS) is 14.7. The first-order valence-corrected chi connectivity index (χ1v) is 43.7. The fraction of sp³-hybridized carbons (Fsp3) is 0.655. The maximum Gasteiger partial charge on any atom is 0.472 e. The molecule has 17 nitrogen and oxygen atoms in total. The fourth-order valence-electron chi connectivity index (χ4n) is 10.3. The number of phosphoric acid groups is 2. The maximum absolute atomic E-state index is 13.1. The van der Waals surface area contributed by atoms with E-state index in [0.717, 1.165) is 180 Å². The summed E-state index contributed by atoms with van der Waals surface area (Å²) in [6, 6.07) is 0. The second-order valence-electron chi connectivity index (χ2n) is 26.6. The minimum atomic E-state index is -5.00. The van der Waals surface area contributed by atoms with E-state index >= 15 is 0 Å². The van der Waals surface area contributed by atoms with Crippen LogP contribution in [-0.2, 0) is 65.4 Å². The Balaban J connectivity index is 5.45. The number of hydrogen-bond acceptors (Lipinski definition) is 15. The van der Waals surface area contributed by atoms with Crippen LogP contribution >= 0.6 is 15.6 Å². The zero-order valence-electron chi connectivity index (χ0n) is 66.1. The molecule has 0 bridgehead atoms. The lowest BCUT2D eigenvalue weighted by molar-refractivity contribution is -0.161. The molecule has 0 aromatic carbocycles. The van der Waals surface area contributed by atoms with Crippen LogP contribution in [0.25, 0.3) is 0 Å². The quantitative estimate of drug-likeness (QED) is 0.0169. The first-order chi connectivity index (χ1) is 51.7. The van der Waals surface area contributed by atoms with Gasteiger partial charge in [-0.15, -0.1) is 0 Å². The SMILES string of the molecule is CC/C=C\C/C=C\C/C=C\C/C=C\C/C=C\CCCC(=O)OCC(COP(=O)(O)OCC(O)COP(=O)(O)OCC(COC(=O)CCCCCCCC/C=C\C/C=C\C/C=C\CCCCC)OC(=O)CCCCCC/C=C\C/C=C\C/C=C\C/C=C\CC)OC(=O)CCCCCCC/C=C\CCCCCC. The molecule has 0 radical (unpaired) electrons. The average molecular weight is 1520 g/mol. The molecule has 604 valence electrons. The largest absolute Gasteiger partial charge is 0.472 e. The van der Waals surface area contributed by atoms with Gasteiger partial charge in [0, 0.05) is 25.7 Å². The highest BCUT2D eigenvalue weighted by Gasteiger charge is 2.30. The molecule has 0 rings (SSSR count). The molecule has 0 aromatic heterocycles. The Bertz CT molecular complexity index is 2630. The van der Waals surface area contributed by atoms with Crippen LogP contribution in [0.3, 0.4) is 0 Å². The Morgan fingerprint density at radius 2 is 0.500 bits per heavy atom. The molecule has 5 atom stereocenters. The lowest BCUT2D eigenvalue weighted by atomic mass is 10.1. The van der Waals surface area contributed by atoms with E-state index < -0.39 is 97.5 Å². The standard InChI is InChI=1S/C87H144O17P2/c1-5-9-13-17-21-25-29-33-36-39-40-43-45-49-52-56-60-64-68-72-85(90)98-78-83(104-87(92)74-70-66-62-58-54-50-46-42-38-35-31-27-23-19-15-11-7-3)80-102-106(95,96)100-76-81(88)75-99-105(93,94)101-79-82(103-86(91)73-69-65-61-57-53-47-32-28-24-20-16-12-8-4)77-97-84(89)71-67-63-59-55-51-48-44-41-37-34-30-26-22-18-14-10-6-2/h10-11,14-15,21-23,25-28,32-38,40,43-44,46,48,50,55,59,81-83,88H,5-9,12-13,16-20,24,29-31,39,41-42,45,47,49,51-54,56-58,60-80H2,1-4H3,(H,93,94)(H,95,96)/b14-10-,15-11-,25-21-,26-22-,27-23-,32-28-,36-33-,37-34-,38-35-,43-40-,48-44-,50-46-,59-55-. The molecular weight excluding hydrogens is 1380 g/mol. The molecule has 0 spiro atoms. The van der Waals surface area contributed by atoms with Crippen molar-refractivity contribution in [3.8, 4) is 0 Å². The van der Waals surface area contributed by atoms with E-state index in [-0.39, 0.29) is 25.7 Å². The zero-order chi connectivity index (χ0) is 77.4. The minimum Gasteiger partial charge on any atom is -0.462 e. The Labute approximate surface area is 642 Å². The third-order valence-corrected chi connectivity index (χ3v) is 18.4. The number of carbonyl (C=O) groups is 4. The molecule has 0 saturated heterocycles. The van der Waals surface area contributed by atoms with Gasteiger partial charge < -0.3 is 33.8 Å². The van der Waals surface area contributed by atoms with Crippen LogP contribution in [0.5, 0.6) is 0 Å². The van der Waals surface area contributed by atoms with Crippen LogP contribution in [0.1, 0.15) is 310 Å². The molecule has 0 aliphatic heterocycles. The molecule has 0 saturated carbocycles. The Kier molecular flexibility index (Phi) is 73.9. The summed E-state index contributed by atoms with van der Waals surface area (Å²) in [7, 11) is -10.00. The summed E-state index contributed by atoms with van der Waals surface area (Å²) < 4.78 is 68.6. The van der Waals surface area contributed by atoms with Gasteiger partial charge in [0.15, 0.2) is 12.2 Å². The van der Waals surface area contributed by atoms with Crippen LogP contribution in [0.15, 0.2) is 158 Å². The summed E-state index contributed by atoms with van der Waals surface area (Å²) >= 11 is 0. The molecule has 106 heavy (non-hydrogen) atoms. The van der Waals surface area contributed by atoms with Gasteiger partial charge in [0.2, 0.25) is 0 Å². The van der Waals surface area contributed by atoms with Crippen molar-refractivity contribution in [2.45, 2.75) is 329 Å². The van der Waals surface area contributed by atoms with E-state index in [1.165, 1.54) is 44.9 Å². The Morgan fingerprint density at radius 1 is 0.274 bits per heavy atom. The monoisotopic (exact) mass is 1520 g/mol. The van der Waals surface area contributed by atoms with Gasteiger partial charge >= 0.3 is 39.5 Å². The lowest BCUT2D eigenvalue weighted by Gasteiger charge is -2.21. The highest BCUT2D eigenvalue weighted by atomic mass is 31.2. The van der Waals surface area contributed by atoms with E-state index in [1.54, 1.807) is 0 Å². The van der Waals surface area contributed by atoms with Gasteiger partial charge in [-0.1, -0.05) is 276 Å². The third-order valence-electron chi connectivity index (χ3n) is 16.5. The minimum absolute atomic E-state index is 0.0577. The summed E-state index contributed by atoms with van der Waals surface area (Å²) in [6.45, 7) is 4.49. The Hall–Kier alpha value is -5.32. The van der Waals surface area contributed by atoms with Crippen molar-refractivity contribution < 1.29 is 80.2 Å². The zero-order valence-corrected chi connectivity index (χ0v) is 67.8. The van der Waals surface area contributed by atoms with E-state index in [2.05, 4.69) is 174 Å². The van der Waals surface area contributed by atoms with Gasteiger partial charge in [0.25, 0.3) is 0 Å². The van der Waals surface area contributed by atoms with Gasteiger partial charge in [-0.3, -0.25) is 37.3 Å². The van der Waals surface area contributed by atoms with Crippen molar-refractivity contribution in [3.05, 3.63) is 158 Å². The molecule has 19 heteroatoms. The smallest absolute Gasteiger partial charge is 0.462 e. The number of esters is 4. The van der Waals surface area contributed by atoms with Crippen LogP contribution < -0.4 is 0 Å². The fourth-order valence-corrected chi connectivity index (χ4v) is 11.9. The predicted molar refractivity (Wildman–Crippen MR) is 436 cm³/mol. The summed E-state index contributed by atoms with van der Waals surface area (Å²) in [5, 5.41) is 10.6. The Morgan fingerprint density at radius 3 is 0.821 bits per heavy atom. The number of aliphatic hydroxyl groups excluding tert-OH is 1. The highest BCUT2D eigenvalue weighted by Crippen LogP contribution is 2.45. The molecule has 0 aliphatic rings. The van der Waals surface area contributed by atoms with E-state index in [4.69, 9.17) is 37.0 Å².